The van der Waals surface area contributed by atoms with Gasteiger partial charge in [-0.1, -0.05) is 29.3 Å². The average molecular weight is 354 g/mol. The summed E-state index contributed by atoms with van der Waals surface area (Å²) in [6.07, 6.45) is 1.60. The van der Waals surface area contributed by atoms with Crippen LogP contribution in [0.5, 0.6) is 0 Å². The summed E-state index contributed by atoms with van der Waals surface area (Å²) in [5, 5.41) is 0.904. The van der Waals surface area contributed by atoms with Gasteiger partial charge in [0.1, 0.15) is 0 Å². The molecule has 1 aliphatic heterocycles. The normalized spacial score (nSPS) is 16.7. The number of carbonyl (C=O) groups is 2. The zero-order chi connectivity index (χ0) is 17.3. The number of rotatable bonds is 3. The molecule has 2 rings (SSSR count). The van der Waals surface area contributed by atoms with Crippen LogP contribution in [-0.2, 0) is 14.3 Å². The smallest absolute Gasteiger partial charge is 0.340 e. The van der Waals surface area contributed by atoms with Crippen molar-refractivity contribution in [3.63, 3.8) is 0 Å². The summed E-state index contributed by atoms with van der Waals surface area (Å²) in [5.41, 5.74) is 1.72. The Hall–Kier alpha value is -1.78. The molecule has 6 heteroatoms. The molecule has 0 bridgehead atoms. The lowest BCUT2D eigenvalue weighted by Gasteiger charge is -2.22. The highest BCUT2D eigenvalue weighted by Crippen LogP contribution is 2.34. The minimum Gasteiger partial charge on any atom is -0.465 e. The Labute approximate surface area is 145 Å². The van der Waals surface area contributed by atoms with Gasteiger partial charge < -0.3 is 9.64 Å². The van der Waals surface area contributed by atoms with Crippen LogP contribution in [0.1, 0.15) is 26.3 Å². The molecule has 0 radical (unpaired) electrons. The highest BCUT2D eigenvalue weighted by atomic mass is 35.5. The number of halogens is 2. The third-order valence-electron chi connectivity index (χ3n) is 3.61. The highest BCUT2D eigenvalue weighted by molar-refractivity contribution is 6.35. The number of nitrogens with zero attached hydrogens (tertiary/aromatic N) is 1. The number of methoxy groups -OCH3 is 1. The molecule has 1 aromatic rings. The molecule has 0 saturated heterocycles. The van der Waals surface area contributed by atoms with Crippen LogP contribution in [0.4, 0.5) is 0 Å². The second-order valence-electron chi connectivity index (χ2n) is 5.44. The first kappa shape index (κ1) is 17.6. The maximum Gasteiger partial charge on any atom is 0.340 e. The van der Waals surface area contributed by atoms with Gasteiger partial charge in [0, 0.05) is 21.8 Å². The van der Waals surface area contributed by atoms with E-state index < -0.39 is 5.97 Å². The van der Waals surface area contributed by atoms with E-state index in [-0.39, 0.29) is 23.1 Å². The van der Waals surface area contributed by atoms with Crippen molar-refractivity contribution >= 4 is 41.2 Å². The van der Waals surface area contributed by atoms with E-state index in [2.05, 4.69) is 0 Å². The molecular formula is C17H17Cl2NO3. The van der Waals surface area contributed by atoms with E-state index in [0.29, 0.717) is 21.3 Å². The lowest BCUT2D eigenvalue weighted by molar-refractivity contribution is -0.136. The molecule has 4 nitrogen and oxygen atoms in total. The Morgan fingerprint density at radius 3 is 2.48 bits per heavy atom. The van der Waals surface area contributed by atoms with Crippen molar-refractivity contribution in [2.45, 2.75) is 26.8 Å². The summed E-state index contributed by atoms with van der Waals surface area (Å²) < 4.78 is 4.83. The lowest BCUT2D eigenvalue weighted by Crippen LogP contribution is -2.31. The molecule has 1 aromatic carbocycles. The zero-order valence-corrected chi connectivity index (χ0v) is 14.8. The second-order valence-corrected chi connectivity index (χ2v) is 6.29. The van der Waals surface area contributed by atoms with Crippen molar-refractivity contribution in [2.24, 2.45) is 0 Å². The van der Waals surface area contributed by atoms with Crippen LogP contribution in [0.25, 0.3) is 6.08 Å². The van der Waals surface area contributed by atoms with Crippen molar-refractivity contribution in [1.29, 1.82) is 0 Å². The predicted octanol–water partition coefficient (Wildman–Crippen LogP) is 4.07. The number of carbonyl (C=O) groups excluding carboxylic acids is 2. The summed E-state index contributed by atoms with van der Waals surface area (Å²) in [6, 6.07) is 4.89. The van der Waals surface area contributed by atoms with Gasteiger partial charge in [0.05, 0.1) is 18.3 Å². The molecule has 0 atom stereocenters. The molecule has 0 unspecified atom stereocenters. The Bertz CT molecular complexity index is 735. The van der Waals surface area contributed by atoms with E-state index in [0.717, 1.165) is 0 Å². The van der Waals surface area contributed by atoms with Gasteiger partial charge in [0.25, 0.3) is 5.91 Å². The number of hydrogen-bond donors (Lipinski definition) is 0. The van der Waals surface area contributed by atoms with E-state index in [1.807, 2.05) is 13.8 Å². The quantitative estimate of drug-likeness (QED) is 0.607. The fraction of sp³-hybridized carbons (Fsp3) is 0.294. The van der Waals surface area contributed by atoms with Crippen LogP contribution in [-0.4, -0.2) is 29.9 Å². The molecule has 0 saturated carbocycles. The topological polar surface area (TPSA) is 46.6 Å². The minimum absolute atomic E-state index is 0.0752. The Balaban J connectivity index is 2.61. The number of ether oxygens (including phenoxy) is 1. The van der Waals surface area contributed by atoms with Crippen molar-refractivity contribution in [3.8, 4) is 0 Å². The Morgan fingerprint density at radius 2 is 1.96 bits per heavy atom. The second kappa shape index (κ2) is 6.77. The first-order valence-corrected chi connectivity index (χ1v) is 7.83. The van der Waals surface area contributed by atoms with Gasteiger partial charge >= 0.3 is 5.97 Å². The third kappa shape index (κ3) is 3.28. The van der Waals surface area contributed by atoms with Gasteiger partial charge in [-0.25, -0.2) is 4.79 Å². The number of esters is 1. The molecule has 1 heterocycles. The van der Waals surface area contributed by atoms with E-state index in [1.54, 1.807) is 36.1 Å². The molecule has 0 aromatic heterocycles. The molecule has 1 amide bonds. The van der Waals surface area contributed by atoms with Crippen LogP contribution in [0.2, 0.25) is 10.0 Å². The van der Waals surface area contributed by atoms with Gasteiger partial charge in [0.2, 0.25) is 0 Å². The summed E-state index contributed by atoms with van der Waals surface area (Å²) in [4.78, 5) is 26.4. The zero-order valence-electron chi connectivity index (χ0n) is 13.3. The van der Waals surface area contributed by atoms with Crippen molar-refractivity contribution in [3.05, 3.63) is 50.7 Å². The summed E-state index contributed by atoms with van der Waals surface area (Å²) in [6.45, 7) is 5.50. The summed E-state index contributed by atoms with van der Waals surface area (Å²) >= 11 is 12.1. The molecule has 0 N–H and O–H groups in total. The number of amides is 1. The fourth-order valence-electron chi connectivity index (χ4n) is 2.59. The molecular weight excluding hydrogens is 337 g/mol. The van der Waals surface area contributed by atoms with Gasteiger partial charge in [-0.3, -0.25) is 4.79 Å². The van der Waals surface area contributed by atoms with Crippen molar-refractivity contribution in [1.82, 2.24) is 4.90 Å². The molecule has 1 aliphatic rings. The molecule has 23 heavy (non-hydrogen) atoms. The monoisotopic (exact) mass is 353 g/mol. The van der Waals surface area contributed by atoms with Gasteiger partial charge in [-0.2, -0.15) is 0 Å². The van der Waals surface area contributed by atoms with E-state index in [9.17, 15) is 9.59 Å². The lowest BCUT2D eigenvalue weighted by atomic mass is 10.0. The average Bonchev–Trinajstić information content (AvgIpc) is 2.72. The van der Waals surface area contributed by atoms with E-state index in [4.69, 9.17) is 27.9 Å². The van der Waals surface area contributed by atoms with Crippen molar-refractivity contribution < 1.29 is 14.3 Å². The van der Waals surface area contributed by atoms with Crippen LogP contribution in [0.3, 0.4) is 0 Å². The Morgan fingerprint density at radius 1 is 1.30 bits per heavy atom. The number of benzene rings is 1. The standard InChI is InChI=1S/C17H17Cl2NO3/c1-9(2)20-10(3)15(17(22)23-4)13(16(20)21)7-11-5-6-12(18)8-14(11)19/h5-9H,1-4H3/b13-7-. The summed E-state index contributed by atoms with van der Waals surface area (Å²) in [5.74, 6) is -0.792. The maximum atomic E-state index is 12.7. The van der Waals surface area contributed by atoms with Gasteiger partial charge in [0.15, 0.2) is 0 Å². The fourth-order valence-corrected chi connectivity index (χ4v) is 3.06. The SMILES string of the molecule is COC(=O)C1=C(C)N(C(C)C)C(=O)/C1=C\c1ccc(Cl)cc1Cl. The first-order chi connectivity index (χ1) is 10.8. The summed E-state index contributed by atoms with van der Waals surface area (Å²) in [7, 11) is 1.29. The van der Waals surface area contributed by atoms with Crippen LogP contribution >= 0.6 is 23.2 Å². The Kier molecular flexibility index (Phi) is 5.17. The van der Waals surface area contributed by atoms with E-state index >= 15 is 0 Å². The number of hydrogen-bond acceptors (Lipinski definition) is 3. The maximum absolute atomic E-state index is 12.7. The first-order valence-electron chi connectivity index (χ1n) is 7.07. The number of allylic oxidation sites excluding steroid dienone is 1. The van der Waals surface area contributed by atoms with Gasteiger partial charge in [-0.15, -0.1) is 0 Å². The van der Waals surface area contributed by atoms with Crippen molar-refractivity contribution in [2.75, 3.05) is 7.11 Å². The largest absolute Gasteiger partial charge is 0.465 e. The molecule has 122 valence electrons. The third-order valence-corrected chi connectivity index (χ3v) is 4.17. The minimum atomic E-state index is -0.546. The van der Waals surface area contributed by atoms with E-state index in [1.165, 1.54) is 7.11 Å². The van der Waals surface area contributed by atoms with Gasteiger partial charge in [-0.05, 0) is 44.5 Å². The molecule has 0 spiro atoms. The molecule has 0 aliphatic carbocycles. The van der Waals surface area contributed by atoms with Crippen LogP contribution < -0.4 is 0 Å². The van der Waals surface area contributed by atoms with Crippen LogP contribution in [0.15, 0.2) is 35.0 Å². The predicted molar refractivity (Wildman–Crippen MR) is 91.1 cm³/mol. The molecule has 0 fully saturated rings. The van der Waals surface area contributed by atoms with Crippen LogP contribution in [0, 0.1) is 0 Å². The highest BCUT2D eigenvalue weighted by Gasteiger charge is 2.38.